The van der Waals surface area contributed by atoms with E-state index in [1.807, 2.05) is 0 Å². The van der Waals surface area contributed by atoms with Gasteiger partial charge in [-0.3, -0.25) is 9.59 Å². The quantitative estimate of drug-likeness (QED) is 0.254. The lowest BCUT2D eigenvalue weighted by Crippen LogP contribution is -2.43. The molecule has 1 aliphatic heterocycles. The van der Waals surface area contributed by atoms with Gasteiger partial charge >= 0.3 is 5.97 Å². The second-order valence-corrected chi connectivity index (χ2v) is 9.85. The molecule has 1 aliphatic rings. The zero-order valence-corrected chi connectivity index (χ0v) is 21.9. The van der Waals surface area contributed by atoms with Crippen LogP contribution in [0.4, 0.5) is 5.13 Å². The first kappa shape index (κ1) is 26.3. The maximum Gasteiger partial charge on any atom is 0.352 e. The third-order valence-corrected chi connectivity index (χ3v) is 7.08. The van der Waals surface area contributed by atoms with Crippen LogP contribution in [0.3, 0.4) is 0 Å². The Hall–Kier alpha value is -3.74. The third kappa shape index (κ3) is 6.94. The number of piperazine rings is 1. The van der Waals surface area contributed by atoms with E-state index in [9.17, 15) is 24.6 Å². The maximum atomic E-state index is 12.8. The summed E-state index contributed by atoms with van der Waals surface area (Å²) >= 11 is 4.71. The van der Waals surface area contributed by atoms with E-state index in [0.29, 0.717) is 15.7 Å². The van der Waals surface area contributed by atoms with Gasteiger partial charge in [0, 0.05) is 48.1 Å². The highest BCUT2D eigenvalue weighted by atomic mass is 79.9. The molecule has 2 aromatic carbocycles. The van der Waals surface area contributed by atoms with Gasteiger partial charge in [-0.2, -0.15) is 0 Å². The molecule has 0 saturated carbocycles. The molecule has 2 amide bonds. The Kier molecular flexibility index (Phi) is 8.54. The standard InChI is InChI=1S/C25H24BrN5O5S/c26-20-11-16(22(33)28-13-15-2-1-3-18(32)10-15)4-5-19(20)23(34)30-21(24(35)36)12-17-14-37-25(29-17)31-8-6-27-7-9-31/h1-5,10-12,14,27,32H,6-9,13H2,(H,28,33)(H,30,34)(H,35,36). The number of benzene rings is 2. The monoisotopic (exact) mass is 585 g/mol. The van der Waals surface area contributed by atoms with E-state index in [-0.39, 0.29) is 29.5 Å². The number of phenols is 1. The van der Waals surface area contributed by atoms with Gasteiger partial charge in [-0.1, -0.05) is 12.1 Å². The Morgan fingerprint density at radius 2 is 1.92 bits per heavy atom. The molecular formula is C25H24BrN5O5S. The fourth-order valence-electron chi connectivity index (χ4n) is 3.62. The molecular weight excluding hydrogens is 562 g/mol. The van der Waals surface area contributed by atoms with Gasteiger partial charge in [-0.15, -0.1) is 11.3 Å². The van der Waals surface area contributed by atoms with Gasteiger partial charge in [0.2, 0.25) is 0 Å². The molecule has 5 N–H and O–H groups in total. The van der Waals surface area contributed by atoms with Crippen molar-refractivity contribution in [3.05, 3.63) is 80.4 Å². The number of phenolic OH excluding ortho intramolecular Hbond substituents is 1. The first-order valence-electron chi connectivity index (χ1n) is 11.3. The van der Waals surface area contributed by atoms with E-state index in [4.69, 9.17) is 0 Å². The number of rotatable bonds is 8. The number of aromatic hydroxyl groups is 1. The lowest BCUT2D eigenvalue weighted by Gasteiger charge is -2.26. The molecule has 10 nitrogen and oxygen atoms in total. The summed E-state index contributed by atoms with van der Waals surface area (Å²) in [7, 11) is 0. The molecule has 192 valence electrons. The van der Waals surface area contributed by atoms with Crippen LogP contribution in [0.15, 0.2) is 58.0 Å². The number of amides is 2. The largest absolute Gasteiger partial charge is 0.508 e. The second-order valence-electron chi connectivity index (χ2n) is 8.16. The smallest absolute Gasteiger partial charge is 0.352 e. The highest BCUT2D eigenvalue weighted by Gasteiger charge is 2.19. The van der Waals surface area contributed by atoms with Gasteiger partial charge in [0.25, 0.3) is 11.8 Å². The van der Waals surface area contributed by atoms with Crippen LogP contribution in [-0.2, 0) is 11.3 Å². The number of carboxylic acids is 1. The highest BCUT2D eigenvalue weighted by Crippen LogP contribution is 2.23. The number of carbonyl (C=O) groups is 3. The molecule has 0 bridgehead atoms. The van der Waals surface area contributed by atoms with E-state index in [0.717, 1.165) is 36.9 Å². The average molecular weight is 586 g/mol. The van der Waals surface area contributed by atoms with E-state index in [1.54, 1.807) is 29.6 Å². The summed E-state index contributed by atoms with van der Waals surface area (Å²) < 4.78 is 0.328. The number of carboxylic acid groups (broad SMARTS) is 1. The number of hydrogen-bond acceptors (Lipinski definition) is 8. The number of anilines is 1. The third-order valence-electron chi connectivity index (χ3n) is 5.51. The number of carbonyl (C=O) groups excluding carboxylic acids is 2. The number of nitrogens with zero attached hydrogens (tertiary/aromatic N) is 2. The van der Waals surface area contributed by atoms with Gasteiger partial charge in [-0.25, -0.2) is 9.78 Å². The van der Waals surface area contributed by atoms with Gasteiger partial charge in [0.05, 0.1) is 11.3 Å². The first-order chi connectivity index (χ1) is 17.8. The molecule has 4 rings (SSSR count). The Morgan fingerprint density at radius 3 is 2.62 bits per heavy atom. The zero-order valence-electron chi connectivity index (χ0n) is 19.5. The van der Waals surface area contributed by atoms with Crippen LogP contribution < -0.4 is 20.9 Å². The van der Waals surface area contributed by atoms with Crippen molar-refractivity contribution in [2.45, 2.75) is 6.54 Å². The average Bonchev–Trinajstić information content (AvgIpc) is 3.36. The molecule has 0 spiro atoms. The highest BCUT2D eigenvalue weighted by molar-refractivity contribution is 9.10. The van der Waals surface area contributed by atoms with Crippen LogP contribution in [0.25, 0.3) is 6.08 Å². The maximum absolute atomic E-state index is 12.8. The Morgan fingerprint density at radius 1 is 1.14 bits per heavy atom. The van der Waals surface area contributed by atoms with Crippen molar-refractivity contribution >= 4 is 56.3 Å². The van der Waals surface area contributed by atoms with E-state index in [2.05, 4.69) is 41.8 Å². The molecule has 1 aromatic heterocycles. The molecule has 0 radical (unpaired) electrons. The predicted molar refractivity (Wildman–Crippen MR) is 144 cm³/mol. The summed E-state index contributed by atoms with van der Waals surface area (Å²) in [5.74, 6) is -2.21. The Bertz CT molecular complexity index is 1350. The second kappa shape index (κ2) is 12.0. The molecule has 2 heterocycles. The van der Waals surface area contributed by atoms with E-state index >= 15 is 0 Å². The van der Waals surface area contributed by atoms with Crippen molar-refractivity contribution in [1.82, 2.24) is 20.9 Å². The minimum Gasteiger partial charge on any atom is -0.508 e. The van der Waals surface area contributed by atoms with Crippen LogP contribution in [-0.4, -0.2) is 59.2 Å². The number of thiazole rings is 1. The van der Waals surface area contributed by atoms with Gasteiger partial charge in [0.15, 0.2) is 5.13 Å². The lowest BCUT2D eigenvalue weighted by molar-refractivity contribution is -0.132. The van der Waals surface area contributed by atoms with Crippen LogP contribution in [0.1, 0.15) is 32.0 Å². The van der Waals surface area contributed by atoms with Crippen molar-refractivity contribution in [2.24, 2.45) is 0 Å². The summed E-state index contributed by atoms with van der Waals surface area (Å²) in [4.78, 5) is 43.8. The molecule has 3 aromatic rings. The van der Waals surface area contributed by atoms with Gasteiger partial charge in [0.1, 0.15) is 11.4 Å². The predicted octanol–water partition coefficient (Wildman–Crippen LogP) is 2.81. The Labute approximate surface area is 225 Å². The topological polar surface area (TPSA) is 144 Å². The van der Waals surface area contributed by atoms with Gasteiger partial charge < -0.3 is 31.1 Å². The Balaban J connectivity index is 1.42. The molecule has 1 saturated heterocycles. The minimum absolute atomic E-state index is 0.106. The summed E-state index contributed by atoms with van der Waals surface area (Å²) in [6.07, 6.45) is 1.32. The van der Waals surface area contributed by atoms with Crippen LogP contribution in [0.2, 0.25) is 0 Å². The summed E-state index contributed by atoms with van der Waals surface area (Å²) in [5, 5.41) is 30.2. The molecule has 12 heteroatoms. The number of nitrogens with one attached hydrogen (secondary N) is 3. The zero-order chi connectivity index (χ0) is 26.4. The SMILES string of the molecule is O=C(O)C(=Cc1csc(N2CCNCC2)n1)NC(=O)c1ccc(C(=O)NCc2cccc(O)c2)cc1Br. The van der Waals surface area contributed by atoms with Crippen LogP contribution in [0, 0.1) is 0 Å². The number of hydrogen-bond donors (Lipinski definition) is 5. The molecule has 37 heavy (non-hydrogen) atoms. The normalized spacial score (nSPS) is 13.8. The summed E-state index contributed by atoms with van der Waals surface area (Å²) in [5.41, 5.74) is 1.32. The molecule has 0 aliphatic carbocycles. The summed E-state index contributed by atoms with van der Waals surface area (Å²) in [6.45, 7) is 3.56. The van der Waals surface area contributed by atoms with Crippen molar-refractivity contribution in [3.63, 3.8) is 0 Å². The lowest BCUT2D eigenvalue weighted by atomic mass is 10.1. The van der Waals surface area contributed by atoms with Crippen LogP contribution >= 0.6 is 27.3 Å². The minimum atomic E-state index is -1.30. The number of halogens is 1. The molecule has 0 unspecified atom stereocenters. The van der Waals surface area contributed by atoms with Crippen molar-refractivity contribution < 1.29 is 24.6 Å². The summed E-state index contributed by atoms with van der Waals surface area (Å²) in [6, 6.07) is 10.9. The van der Waals surface area contributed by atoms with E-state index < -0.39 is 11.9 Å². The van der Waals surface area contributed by atoms with Crippen molar-refractivity contribution in [1.29, 1.82) is 0 Å². The van der Waals surface area contributed by atoms with Crippen molar-refractivity contribution in [2.75, 3.05) is 31.1 Å². The number of aliphatic carboxylic acids is 1. The fraction of sp³-hybridized carbons (Fsp3) is 0.200. The van der Waals surface area contributed by atoms with Crippen molar-refractivity contribution in [3.8, 4) is 5.75 Å². The molecule has 0 atom stereocenters. The molecule has 1 fully saturated rings. The fourth-order valence-corrected chi connectivity index (χ4v) is 5.02. The van der Waals surface area contributed by atoms with Crippen LogP contribution in [0.5, 0.6) is 5.75 Å². The van der Waals surface area contributed by atoms with E-state index in [1.165, 1.54) is 35.6 Å². The number of aromatic nitrogens is 1. The first-order valence-corrected chi connectivity index (χ1v) is 13.0. The van der Waals surface area contributed by atoms with Gasteiger partial charge in [-0.05, 0) is 57.9 Å².